The van der Waals surface area contributed by atoms with Crippen molar-refractivity contribution in [1.82, 2.24) is 10.2 Å². The Bertz CT molecular complexity index is 244. The number of ether oxygens (including phenoxy) is 1. The van der Waals surface area contributed by atoms with E-state index in [-0.39, 0.29) is 12.0 Å². The van der Waals surface area contributed by atoms with Crippen molar-refractivity contribution in [2.75, 3.05) is 26.7 Å². The number of carbonyl (C=O) groups is 1. The zero-order chi connectivity index (χ0) is 12.8. The van der Waals surface area contributed by atoms with E-state index in [1.807, 2.05) is 4.90 Å². The van der Waals surface area contributed by atoms with Gasteiger partial charge >= 0.3 is 0 Å². The van der Waals surface area contributed by atoms with Crippen molar-refractivity contribution in [2.45, 2.75) is 45.8 Å². The van der Waals surface area contributed by atoms with E-state index in [0.29, 0.717) is 18.4 Å². The maximum Gasteiger partial charge on any atom is 0.223 e. The Morgan fingerprint density at radius 2 is 2.24 bits per heavy atom. The van der Waals surface area contributed by atoms with Gasteiger partial charge in [-0.2, -0.15) is 0 Å². The van der Waals surface area contributed by atoms with Gasteiger partial charge in [0.2, 0.25) is 5.91 Å². The average Bonchev–Trinajstić information content (AvgIpc) is 2.29. The molecule has 4 nitrogen and oxygen atoms in total. The largest absolute Gasteiger partial charge is 0.379 e. The Morgan fingerprint density at radius 3 is 2.82 bits per heavy atom. The number of rotatable bonds is 5. The zero-order valence-corrected chi connectivity index (χ0v) is 11.5. The van der Waals surface area contributed by atoms with Crippen molar-refractivity contribution in [1.29, 1.82) is 0 Å². The maximum atomic E-state index is 12.0. The summed E-state index contributed by atoms with van der Waals surface area (Å²) in [4.78, 5) is 13.9. The molecule has 1 amide bonds. The van der Waals surface area contributed by atoms with Gasteiger partial charge in [-0.1, -0.05) is 20.8 Å². The highest BCUT2D eigenvalue weighted by Crippen LogP contribution is 2.19. The van der Waals surface area contributed by atoms with Gasteiger partial charge in [0, 0.05) is 39.2 Å². The molecule has 2 atom stereocenters. The molecule has 0 aromatic heterocycles. The molecule has 17 heavy (non-hydrogen) atoms. The number of piperidine rings is 1. The molecule has 0 aromatic rings. The Labute approximate surface area is 105 Å². The summed E-state index contributed by atoms with van der Waals surface area (Å²) in [5.74, 6) is 0.796. The van der Waals surface area contributed by atoms with Crippen LogP contribution >= 0.6 is 0 Å². The van der Waals surface area contributed by atoms with Crippen LogP contribution in [0.3, 0.4) is 0 Å². The third-order valence-electron chi connectivity index (χ3n) is 3.44. The molecule has 4 heteroatoms. The van der Waals surface area contributed by atoms with Crippen LogP contribution in [-0.4, -0.2) is 49.7 Å². The lowest BCUT2D eigenvalue weighted by Crippen LogP contribution is -2.47. The molecule has 0 aromatic carbocycles. The summed E-state index contributed by atoms with van der Waals surface area (Å²) < 4.78 is 5.42. The summed E-state index contributed by atoms with van der Waals surface area (Å²) in [6, 6.07) is 0.441. The molecule has 0 saturated carbocycles. The topological polar surface area (TPSA) is 41.6 Å². The van der Waals surface area contributed by atoms with E-state index in [0.717, 1.165) is 26.1 Å². The lowest BCUT2D eigenvalue weighted by molar-refractivity contribution is -0.136. The third kappa shape index (κ3) is 4.64. The number of likely N-dealkylation sites (tertiary alicyclic amines) is 1. The first kappa shape index (κ1) is 14.5. The maximum absolute atomic E-state index is 12.0. The van der Waals surface area contributed by atoms with Crippen LogP contribution in [-0.2, 0) is 9.53 Å². The van der Waals surface area contributed by atoms with Gasteiger partial charge in [0.1, 0.15) is 0 Å². The minimum absolute atomic E-state index is 0.200. The lowest BCUT2D eigenvalue weighted by Gasteiger charge is -2.36. The highest BCUT2D eigenvalue weighted by atomic mass is 16.5. The second-order valence-corrected chi connectivity index (χ2v) is 5.24. The monoisotopic (exact) mass is 242 g/mol. The first-order valence-electron chi connectivity index (χ1n) is 6.58. The van der Waals surface area contributed by atoms with E-state index >= 15 is 0 Å². The Balaban J connectivity index is 2.32. The Kier molecular flexibility index (Phi) is 5.92. The molecule has 0 spiro atoms. The number of nitrogens with zero attached hydrogens (tertiary/aromatic N) is 1. The Hall–Kier alpha value is -0.610. The Morgan fingerprint density at radius 1 is 1.53 bits per heavy atom. The third-order valence-corrected chi connectivity index (χ3v) is 3.44. The lowest BCUT2D eigenvalue weighted by atomic mass is 9.95. The van der Waals surface area contributed by atoms with Crippen LogP contribution < -0.4 is 5.32 Å². The van der Waals surface area contributed by atoms with E-state index in [1.165, 1.54) is 0 Å². The first-order valence-corrected chi connectivity index (χ1v) is 6.58. The van der Waals surface area contributed by atoms with Crippen molar-refractivity contribution in [2.24, 2.45) is 5.92 Å². The van der Waals surface area contributed by atoms with Gasteiger partial charge in [0.15, 0.2) is 0 Å². The smallest absolute Gasteiger partial charge is 0.223 e. The summed E-state index contributed by atoms with van der Waals surface area (Å²) in [5.41, 5.74) is 0. The number of nitrogens with one attached hydrogen (secondary N) is 1. The van der Waals surface area contributed by atoms with E-state index < -0.39 is 0 Å². The van der Waals surface area contributed by atoms with Crippen molar-refractivity contribution in [3.63, 3.8) is 0 Å². The average molecular weight is 242 g/mol. The van der Waals surface area contributed by atoms with Crippen molar-refractivity contribution < 1.29 is 9.53 Å². The molecule has 1 aliphatic heterocycles. The molecule has 1 aliphatic rings. The van der Waals surface area contributed by atoms with E-state index in [1.54, 1.807) is 7.11 Å². The fourth-order valence-electron chi connectivity index (χ4n) is 2.19. The minimum Gasteiger partial charge on any atom is -0.379 e. The molecule has 1 heterocycles. The zero-order valence-electron chi connectivity index (χ0n) is 11.5. The van der Waals surface area contributed by atoms with Gasteiger partial charge in [0.25, 0.3) is 0 Å². The SMILES string of the molecule is COC1CN(C(=O)CCNC(C)C)CCC1C. The van der Waals surface area contributed by atoms with E-state index in [2.05, 4.69) is 26.1 Å². The number of amides is 1. The van der Waals surface area contributed by atoms with Crippen LogP contribution in [0.25, 0.3) is 0 Å². The quantitative estimate of drug-likeness (QED) is 0.789. The number of hydrogen-bond acceptors (Lipinski definition) is 3. The highest BCUT2D eigenvalue weighted by Gasteiger charge is 2.28. The molecule has 1 rings (SSSR count). The van der Waals surface area contributed by atoms with Crippen LogP contribution in [0.1, 0.15) is 33.6 Å². The summed E-state index contributed by atoms with van der Waals surface area (Å²) >= 11 is 0. The van der Waals surface area contributed by atoms with Crippen molar-refractivity contribution >= 4 is 5.91 Å². The van der Waals surface area contributed by atoms with E-state index in [4.69, 9.17) is 4.74 Å². The summed E-state index contributed by atoms with van der Waals surface area (Å²) in [6.07, 6.45) is 1.83. The predicted octanol–water partition coefficient (Wildman–Crippen LogP) is 1.26. The normalized spacial score (nSPS) is 25.4. The van der Waals surface area contributed by atoms with Crippen LogP contribution in [0, 0.1) is 5.92 Å². The van der Waals surface area contributed by atoms with Crippen LogP contribution in [0.2, 0.25) is 0 Å². The van der Waals surface area contributed by atoms with Crippen LogP contribution in [0.5, 0.6) is 0 Å². The molecule has 0 radical (unpaired) electrons. The van der Waals surface area contributed by atoms with Crippen LogP contribution in [0.4, 0.5) is 0 Å². The highest BCUT2D eigenvalue weighted by molar-refractivity contribution is 5.76. The van der Waals surface area contributed by atoms with Crippen LogP contribution in [0.15, 0.2) is 0 Å². The number of hydrogen-bond donors (Lipinski definition) is 1. The molecule has 0 aliphatic carbocycles. The standard InChI is InChI=1S/C13H26N2O2/c1-10(2)14-7-5-13(16)15-8-6-11(3)12(9-15)17-4/h10-12,14H,5-9H2,1-4H3. The summed E-state index contributed by atoms with van der Waals surface area (Å²) in [7, 11) is 1.73. The number of methoxy groups -OCH3 is 1. The minimum atomic E-state index is 0.200. The molecule has 1 N–H and O–H groups in total. The van der Waals surface area contributed by atoms with Crippen molar-refractivity contribution in [3.8, 4) is 0 Å². The van der Waals surface area contributed by atoms with Gasteiger partial charge in [0.05, 0.1) is 6.10 Å². The molecule has 1 fully saturated rings. The first-order chi connectivity index (χ1) is 8.04. The van der Waals surface area contributed by atoms with Gasteiger partial charge in [-0.25, -0.2) is 0 Å². The number of carbonyl (C=O) groups excluding carboxylic acids is 1. The van der Waals surface area contributed by atoms with Gasteiger partial charge < -0.3 is 15.0 Å². The molecule has 1 saturated heterocycles. The summed E-state index contributed by atoms with van der Waals surface area (Å²) in [6.45, 7) is 8.76. The van der Waals surface area contributed by atoms with Gasteiger partial charge in [-0.3, -0.25) is 4.79 Å². The van der Waals surface area contributed by atoms with Crippen molar-refractivity contribution in [3.05, 3.63) is 0 Å². The molecule has 100 valence electrons. The fourth-order valence-corrected chi connectivity index (χ4v) is 2.19. The van der Waals surface area contributed by atoms with E-state index in [9.17, 15) is 4.79 Å². The summed E-state index contributed by atoms with van der Waals surface area (Å²) in [5, 5.41) is 3.27. The second kappa shape index (κ2) is 6.97. The molecule has 2 unspecified atom stereocenters. The molecule has 0 bridgehead atoms. The van der Waals surface area contributed by atoms with Gasteiger partial charge in [-0.15, -0.1) is 0 Å². The van der Waals surface area contributed by atoms with Gasteiger partial charge in [-0.05, 0) is 12.3 Å². The second-order valence-electron chi connectivity index (χ2n) is 5.24. The fraction of sp³-hybridized carbons (Fsp3) is 0.923. The predicted molar refractivity (Wildman–Crippen MR) is 68.9 cm³/mol. The molecular formula is C13H26N2O2. The molecular weight excluding hydrogens is 216 g/mol.